The topological polar surface area (TPSA) is 94.8 Å². The molecule has 1 unspecified atom stereocenters. The van der Waals surface area contributed by atoms with Gasteiger partial charge in [0.1, 0.15) is 17.1 Å². The molecule has 9 heteroatoms. The summed E-state index contributed by atoms with van der Waals surface area (Å²) in [6, 6.07) is 7.34. The highest BCUT2D eigenvalue weighted by molar-refractivity contribution is 7.90. The number of H-pyrrole nitrogens is 1. The summed E-state index contributed by atoms with van der Waals surface area (Å²) in [5.74, 6) is 1.77. The number of aromatic amines is 1. The van der Waals surface area contributed by atoms with E-state index in [1.807, 2.05) is 12.1 Å². The Kier molecular flexibility index (Phi) is 3.87. The van der Waals surface area contributed by atoms with Crippen molar-refractivity contribution in [3.63, 3.8) is 0 Å². The van der Waals surface area contributed by atoms with Crippen molar-refractivity contribution in [1.29, 1.82) is 0 Å². The van der Waals surface area contributed by atoms with Crippen LogP contribution >= 0.6 is 11.6 Å². The Bertz CT molecular complexity index is 1010. The number of aryl methyl sites for hydroxylation is 1. The average molecular weight is 361 g/mol. The average Bonchev–Trinajstić information content (AvgIpc) is 3.19. The molecular weight excluding hydrogens is 348 g/mol. The number of aromatic nitrogens is 6. The fourth-order valence-electron chi connectivity index (χ4n) is 2.48. The van der Waals surface area contributed by atoms with Crippen molar-refractivity contribution in [2.45, 2.75) is 6.42 Å². The van der Waals surface area contributed by atoms with Crippen molar-refractivity contribution in [3.8, 4) is 11.4 Å². The molecule has 7 nitrogen and oxygen atoms in total. The Hall–Kier alpha value is -2.16. The first kappa shape index (κ1) is 15.4. The molecule has 0 amide bonds. The van der Waals surface area contributed by atoms with Gasteiger partial charge in [-0.25, -0.2) is 15.0 Å². The molecule has 0 fully saturated rings. The van der Waals surface area contributed by atoms with Crippen molar-refractivity contribution in [2.75, 3.05) is 12.0 Å². The van der Waals surface area contributed by atoms with Gasteiger partial charge in [0, 0.05) is 10.6 Å². The van der Waals surface area contributed by atoms with Gasteiger partial charge in [0.25, 0.3) is 0 Å². The molecule has 0 bridgehead atoms. The zero-order valence-electron chi connectivity index (χ0n) is 12.7. The number of benzene rings is 1. The van der Waals surface area contributed by atoms with Crippen LogP contribution in [0.1, 0.15) is 5.82 Å². The van der Waals surface area contributed by atoms with E-state index in [-0.39, 0.29) is 0 Å². The van der Waals surface area contributed by atoms with Crippen LogP contribution in [0.15, 0.2) is 30.6 Å². The van der Waals surface area contributed by atoms with Crippen LogP contribution < -0.4 is 0 Å². The van der Waals surface area contributed by atoms with Crippen LogP contribution in [0.4, 0.5) is 0 Å². The van der Waals surface area contributed by atoms with E-state index in [9.17, 15) is 4.55 Å². The van der Waals surface area contributed by atoms with E-state index in [0.717, 1.165) is 11.1 Å². The van der Waals surface area contributed by atoms with Gasteiger partial charge in [-0.1, -0.05) is 22.8 Å². The summed E-state index contributed by atoms with van der Waals surface area (Å²) in [4.78, 5) is 16.4. The molecule has 24 heavy (non-hydrogen) atoms. The molecule has 0 aliphatic heterocycles. The largest absolute Gasteiger partial charge is 0.617 e. The quantitative estimate of drug-likeness (QED) is 0.563. The highest BCUT2D eigenvalue weighted by Crippen LogP contribution is 2.22. The summed E-state index contributed by atoms with van der Waals surface area (Å²) in [7, 11) is 0. The lowest BCUT2D eigenvalue weighted by molar-refractivity contribution is 0.599. The summed E-state index contributed by atoms with van der Waals surface area (Å²) >= 11 is 5.03. The van der Waals surface area contributed by atoms with Gasteiger partial charge in [-0.15, -0.1) is 5.10 Å². The SMILES string of the molecule is C[S+]([O-])CCc1nc2nc[nH]c2c2nc(-c3ccc(Cl)cc3)nn12. The van der Waals surface area contributed by atoms with Crippen LogP contribution in [0.5, 0.6) is 0 Å². The van der Waals surface area contributed by atoms with Gasteiger partial charge >= 0.3 is 0 Å². The third kappa shape index (κ3) is 2.72. The Balaban J connectivity index is 1.89. The van der Waals surface area contributed by atoms with Crippen LogP contribution in [-0.4, -0.2) is 46.1 Å². The van der Waals surface area contributed by atoms with E-state index in [1.54, 1.807) is 29.2 Å². The highest BCUT2D eigenvalue weighted by Gasteiger charge is 2.16. The fraction of sp³-hybridized carbons (Fsp3) is 0.200. The van der Waals surface area contributed by atoms with E-state index >= 15 is 0 Å². The summed E-state index contributed by atoms with van der Waals surface area (Å²) in [6.07, 6.45) is 3.78. The maximum absolute atomic E-state index is 11.4. The summed E-state index contributed by atoms with van der Waals surface area (Å²) < 4.78 is 13.1. The van der Waals surface area contributed by atoms with Crippen molar-refractivity contribution < 1.29 is 4.55 Å². The number of hydrogen-bond acceptors (Lipinski definition) is 5. The first-order valence-electron chi connectivity index (χ1n) is 7.26. The van der Waals surface area contributed by atoms with Gasteiger partial charge in [0.15, 0.2) is 17.1 Å². The standard InChI is InChI=1S/C15H13ClN6OS/c1-24(23)7-6-11-19-14-12(17-8-18-14)15-20-13(21-22(11)15)9-2-4-10(16)5-3-9/h2-5,8H,6-7H2,1H3,(H,17,18). The number of halogens is 1. The number of hydrogen-bond donors (Lipinski definition) is 1. The summed E-state index contributed by atoms with van der Waals surface area (Å²) in [5.41, 5.74) is 2.82. The molecule has 0 aliphatic rings. The maximum Gasteiger partial charge on any atom is 0.185 e. The van der Waals surface area contributed by atoms with Gasteiger partial charge < -0.3 is 9.54 Å². The molecule has 122 valence electrons. The second-order valence-electron chi connectivity index (χ2n) is 5.33. The number of nitrogens with zero attached hydrogens (tertiary/aromatic N) is 5. The van der Waals surface area contributed by atoms with E-state index < -0.39 is 11.2 Å². The number of imidazole rings is 1. The molecule has 1 atom stereocenters. The molecular formula is C15H13ClN6OS. The van der Waals surface area contributed by atoms with Gasteiger partial charge in [0.05, 0.1) is 19.0 Å². The minimum Gasteiger partial charge on any atom is -0.617 e. The normalized spacial score (nSPS) is 13.0. The van der Waals surface area contributed by atoms with E-state index in [2.05, 4.69) is 25.0 Å². The lowest BCUT2D eigenvalue weighted by atomic mass is 10.2. The first-order chi connectivity index (χ1) is 11.6. The number of fused-ring (bicyclic) bond motifs is 3. The Morgan fingerprint density at radius 3 is 2.79 bits per heavy atom. The highest BCUT2D eigenvalue weighted by atomic mass is 35.5. The van der Waals surface area contributed by atoms with E-state index in [4.69, 9.17) is 11.6 Å². The van der Waals surface area contributed by atoms with Gasteiger partial charge in [-0.3, -0.25) is 0 Å². The van der Waals surface area contributed by atoms with Crippen molar-refractivity contribution in [3.05, 3.63) is 41.4 Å². The smallest absolute Gasteiger partial charge is 0.185 e. The minimum absolute atomic E-state index is 0.508. The molecule has 3 heterocycles. The minimum atomic E-state index is -0.909. The van der Waals surface area contributed by atoms with Crippen LogP contribution in [0.3, 0.4) is 0 Å². The fourth-order valence-corrected chi connectivity index (χ4v) is 3.07. The second-order valence-corrected chi connectivity index (χ2v) is 7.33. The lowest BCUT2D eigenvalue weighted by Crippen LogP contribution is -2.11. The van der Waals surface area contributed by atoms with Gasteiger partial charge in [-0.2, -0.15) is 4.52 Å². The maximum atomic E-state index is 11.4. The Morgan fingerprint density at radius 1 is 1.25 bits per heavy atom. The molecule has 4 aromatic rings. The van der Waals surface area contributed by atoms with E-state index in [0.29, 0.717) is 40.1 Å². The van der Waals surface area contributed by atoms with Gasteiger partial charge in [-0.05, 0) is 24.3 Å². The summed E-state index contributed by atoms with van der Waals surface area (Å²) in [5, 5.41) is 5.23. The van der Waals surface area contributed by atoms with Crippen LogP contribution in [-0.2, 0) is 17.6 Å². The zero-order valence-corrected chi connectivity index (χ0v) is 14.3. The third-order valence-electron chi connectivity index (χ3n) is 3.65. The van der Waals surface area contributed by atoms with Crippen LogP contribution in [0.2, 0.25) is 5.02 Å². The van der Waals surface area contributed by atoms with Crippen molar-refractivity contribution in [1.82, 2.24) is 29.5 Å². The monoisotopic (exact) mass is 360 g/mol. The predicted octanol–water partition coefficient (Wildman–Crippen LogP) is 2.24. The van der Waals surface area contributed by atoms with Crippen molar-refractivity contribution in [2.24, 2.45) is 0 Å². The predicted molar refractivity (Wildman–Crippen MR) is 93.5 cm³/mol. The summed E-state index contributed by atoms with van der Waals surface area (Å²) in [6.45, 7) is 0. The molecule has 0 aliphatic carbocycles. The van der Waals surface area contributed by atoms with Crippen LogP contribution in [0, 0.1) is 0 Å². The molecule has 0 saturated heterocycles. The molecule has 4 rings (SSSR count). The van der Waals surface area contributed by atoms with Crippen LogP contribution in [0.25, 0.3) is 28.2 Å². The zero-order chi connectivity index (χ0) is 16.7. The Labute approximate surface area is 145 Å². The molecule has 0 spiro atoms. The van der Waals surface area contributed by atoms with Crippen molar-refractivity contribution >= 4 is 39.6 Å². The Morgan fingerprint density at radius 2 is 2.04 bits per heavy atom. The molecule has 0 saturated carbocycles. The molecule has 1 N–H and O–H groups in total. The second kappa shape index (κ2) is 6.04. The lowest BCUT2D eigenvalue weighted by Gasteiger charge is -2.05. The molecule has 0 radical (unpaired) electrons. The molecule has 3 aromatic heterocycles. The van der Waals surface area contributed by atoms with Gasteiger partial charge in [0.2, 0.25) is 0 Å². The molecule has 1 aromatic carbocycles. The number of rotatable bonds is 4. The third-order valence-corrected chi connectivity index (χ3v) is 4.68. The first-order valence-corrected chi connectivity index (χ1v) is 9.37. The van der Waals surface area contributed by atoms with E-state index in [1.165, 1.54) is 0 Å². The number of nitrogens with one attached hydrogen (secondary N) is 1.